The number of hydrazone groups is 1. The van der Waals surface area contributed by atoms with Crippen LogP contribution in [0, 0.1) is 11.3 Å². The number of nitrogens with zero attached hydrogens (tertiary/aromatic N) is 2. The number of aromatic carboxylic acids is 1. The maximum atomic E-state index is 11.8. The number of carboxylic acids is 1. The van der Waals surface area contributed by atoms with Gasteiger partial charge in [0.1, 0.15) is 5.75 Å². The third kappa shape index (κ3) is 5.53. The number of hydrogen-bond donors (Lipinski definition) is 2. The number of rotatable bonds is 7. The van der Waals surface area contributed by atoms with E-state index in [-0.39, 0.29) is 12.2 Å². The smallest absolute Gasteiger partial charge is 0.335 e. The second-order valence-corrected chi connectivity index (χ2v) is 6.22. The first-order valence-corrected chi connectivity index (χ1v) is 8.94. The van der Waals surface area contributed by atoms with Crippen molar-refractivity contribution >= 4 is 18.1 Å². The first kappa shape index (κ1) is 20.3. The summed E-state index contributed by atoms with van der Waals surface area (Å²) in [6.45, 7) is -0.203. The number of amides is 1. The van der Waals surface area contributed by atoms with Crippen molar-refractivity contribution in [3.05, 3.63) is 89.5 Å². The predicted molar refractivity (Wildman–Crippen MR) is 111 cm³/mol. The topological polar surface area (TPSA) is 112 Å². The van der Waals surface area contributed by atoms with Crippen LogP contribution in [0.2, 0.25) is 0 Å². The summed E-state index contributed by atoms with van der Waals surface area (Å²) < 4.78 is 5.45. The molecule has 0 bridgehead atoms. The van der Waals surface area contributed by atoms with Gasteiger partial charge in [0, 0.05) is 0 Å². The summed E-state index contributed by atoms with van der Waals surface area (Å²) in [5, 5.41) is 21.5. The fraction of sp³-hybridized carbons (Fsp3) is 0.0435. The van der Waals surface area contributed by atoms with Gasteiger partial charge in [0.05, 0.1) is 23.4 Å². The van der Waals surface area contributed by atoms with Crippen molar-refractivity contribution in [2.24, 2.45) is 5.10 Å². The number of carbonyl (C=O) groups excluding carboxylic acids is 1. The molecule has 0 saturated heterocycles. The Balaban J connectivity index is 1.48. The minimum absolute atomic E-state index is 0.176. The van der Waals surface area contributed by atoms with E-state index in [9.17, 15) is 9.59 Å². The van der Waals surface area contributed by atoms with Crippen molar-refractivity contribution in [2.45, 2.75) is 0 Å². The molecular formula is C23H17N3O4. The number of benzene rings is 3. The van der Waals surface area contributed by atoms with Gasteiger partial charge in [0.25, 0.3) is 5.91 Å². The zero-order chi connectivity index (χ0) is 21.3. The molecule has 0 aromatic heterocycles. The van der Waals surface area contributed by atoms with Gasteiger partial charge in [-0.2, -0.15) is 10.4 Å². The average molecular weight is 399 g/mol. The van der Waals surface area contributed by atoms with E-state index in [0.29, 0.717) is 16.9 Å². The molecule has 0 aliphatic rings. The van der Waals surface area contributed by atoms with Gasteiger partial charge in [-0.25, -0.2) is 10.2 Å². The van der Waals surface area contributed by atoms with Crippen LogP contribution in [0.1, 0.15) is 21.5 Å². The fourth-order valence-corrected chi connectivity index (χ4v) is 2.55. The highest BCUT2D eigenvalue weighted by Crippen LogP contribution is 2.22. The molecule has 0 aliphatic heterocycles. The van der Waals surface area contributed by atoms with Gasteiger partial charge in [-0.1, -0.05) is 36.4 Å². The lowest BCUT2D eigenvalue weighted by molar-refractivity contribution is -0.123. The minimum Gasteiger partial charge on any atom is -0.484 e. The Morgan fingerprint density at radius 2 is 1.57 bits per heavy atom. The van der Waals surface area contributed by atoms with Crippen LogP contribution < -0.4 is 10.2 Å². The van der Waals surface area contributed by atoms with E-state index >= 15 is 0 Å². The van der Waals surface area contributed by atoms with E-state index in [2.05, 4.69) is 16.6 Å². The highest BCUT2D eigenvalue weighted by molar-refractivity contribution is 5.89. The second-order valence-electron chi connectivity index (χ2n) is 6.22. The van der Waals surface area contributed by atoms with E-state index in [0.717, 1.165) is 11.1 Å². The normalized spacial score (nSPS) is 10.4. The zero-order valence-electron chi connectivity index (χ0n) is 15.8. The summed E-state index contributed by atoms with van der Waals surface area (Å²) in [5.41, 5.74) is 5.72. The summed E-state index contributed by atoms with van der Waals surface area (Å²) in [7, 11) is 0. The summed E-state index contributed by atoms with van der Waals surface area (Å²) in [6, 6.07) is 22.7. The number of ether oxygens (including phenoxy) is 1. The molecule has 0 unspecified atom stereocenters. The summed E-state index contributed by atoms with van der Waals surface area (Å²) in [4.78, 5) is 22.6. The molecule has 2 N–H and O–H groups in total. The SMILES string of the molecule is N#Cc1ccc(-c2ccc(OCC(=O)N/N=C/c3ccc(C(=O)O)cc3)cc2)cc1. The lowest BCUT2D eigenvalue weighted by atomic mass is 10.0. The predicted octanol–water partition coefficient (Wildman–Crippen LogP) is 3.45. The maximum absolute atomic E-state index is 11.8. The number of hydrogen-bond acceptors (Lipinski definition) is 5. The van der Waals surface area contributed by atoms with E-state index in [1.165, 1.54) is 18.3 Å². The fourth-order valence-electron chi connectivity index (χ4n) is 2.55. The number of carbonyl (C=O) groups is 2. The van der Waals surface area contributed by atoms with E-state index in [1.807, 2.05) is 24.3 Å². The Bertz CT molecular complexity index is 1100. The van der Waals surface area contributed by atoms with Crippen LogP contribution in [-0.4, -0.2) is 29.8 Å². The van der Waals surface area contributed by atoms with Crippen LogP contribution in [0.3, 0.4) is 0 Å². The lowest BCUT2D eigenvalue weighted by Gasteiger charge is -2.07. The molecule has 0 fully saturated rings. The highest BCUT2D eigenvalue weighted by Gasteiger charge is 2.04. The molecule has 0 radical (unpaired) electrons. The van der Waals surface area contributed by atoms with Crippen molar-refractivity contribution in [2.75, 3.05) is 6.61 Å². The van der Waals surface area contributed by atoms with E-state index in [1.54, 1.807) is 36.4 Å². The lowest BCUT2D eigenvalue weighted by Crippen LogP contribution is -2.24. The van der Waals surface area contributed by atoms with Crippen molar-refractivity contribution in [3.63, 3.8) is 0 Å². The number of carboxylic acid groups (broad SMARTS) is 1. The van der Waals surface area contributed by atoms with Gasteiger partial charge in [0.2, 0.25) is 0 Å². The van der Waals surface area contributed by atoms with Crippen molar-refractivity contribution < 1.29 is 19.4 Å². The number of nitrogens with one attached hydrogen (secondary N) is 1. The largest absolute Gasteiger partial charge is 0.484 e. The molecular weight excluding hydrogens is 382 g/mol. The van der Waals surface area contributed by atoms with Gasteiger partial charge in [-0.05, 0) is 53.1 Å². The van der Waals surface area contributed by atoms with Crippen LogP contribution >= 0.6 is 0 Å². The minimum atomic E-state index is -1.01. The van der Waals surface area contributed by atoms with Crippen LogP contribution in [0.25, 0.3) is 11.1 Å². The van der Waals surface area contributed by atoms with Gasteiger partial charge >= 0.3 is 5.97 Å². The Morgan fingerprint density at radius 1 is 0.967 bits per heavy atom. The standard InChI is InChI=1S/C23H17N3O4/c24-13-16-1-5-18(6-2-16)19-9-11-21(12-10-19)30-15-22(27)26-25-14-17-3-7-20(8-4-17)23(28)29/h1-12,14H,15H2,(H,26,27)(H,28,29)/b25-14+. The highest BCUT2D eigenvalue weighted by atomic mass is 16.5. The molecule has 3 aromatic rings. The van der Waals surface area contributed by atoms with Gasteiger partial charge in [-0.3, -0.25) is 4.79 Å². The zero-order valence-corrected chi connectivity index (χ0v) is 15.8. The van der Waals surface area contributed by atoms with Gasteiger partial charge < -0.3 is 9.84 Å². The summed E-state index contributed by atoms with van der Waals surface area (Å²) >= 11 is 0. The summed E-state index contributed by atoms with van der Waals surface area (Å²) in [5.74, 6) is -0.894. The molecule has 148 valence electrons. The van der Waals surface area contributed by atoms with Gasteiger partial charge in [-0.15, -0.1) is 0 Å². The van der Waals surface area contributed by atoms with Gasteiger partial charge in [0.15, 0.2) is 6.61 Å². The molecule has 7 nitrogen and oxygen atoms in total. The van der Waals surface area contributed by atoms with Crippen LogP contribution in [-0.2, 0) is 4.79 Å². The third-order valence-electron chi connectivity index (χ3n) is 4.13. The van der Waals surface area contributed by atoms with Crippen LogP contribution in [0.5, 0.6) is 5.75 Å². The number of nitriles is 1. The maximum Gasteiger partial charge on any atom is 0.335 e. The van der Waals surface area contributed by atoms with Crippen LogP contribution in [0.4, 0.5) is 0 Å². The summed E-state index contributed by atoms with van der Waals surface area (Å²) in [6.07, 6.45) is 1.41. The third-order valence-corrected chi connectivity index (χ3v) is 4.13. The molecule has 0 aliphatic carbocycles. The molecule has 3 rings (SSSR count). The van der Waals surface area contributed by atoms with E-state index in [4.69, 9.17) is 15.1 Å². The second kappa shape index (κ2) is 9.66. The molecule has 0 atom stereocenters. The Labute approximate surface area is 172 Å². The first-order chi connectivity index (χ1) is 14.5. The molecule has 0 heterocycles. The monoisotopic (exact) mass is 399 g/mol. The first-order valence-electron chi connectivity index (χ1n) is 8.94. The molecule has 30 heavy (non-hydrogen) atoms. The van der Waals surface area contributed by atoms with Crippen molar-refractivity contribution in [1.82, 2.24) is 5.43 Å². The molecule has 0 saturated carbocycles. The Morgan fingerprint density at radius 3 is 2.13 bits per heavy atom. The van der Waals surface area contributed by atoms with Crippen LogP contribution in [0.15, 0.2) is 77.9 Å². The quantitative estimate of drug-likeness (QED) is 0.467. The molecule has 3 aromatic carbocycles. The molecule has 0 spiro atoms. The van der Waals surface area contributed by atoms with Crippen molar-refractivity contribution in [1.29, 1.82) is 5.26 Å². The average Bonchev–Trinajstić information content (AvgIpc) is 2.78. The Kier molecular flexibility index (Phi) is 6.54. The molecule has 7 heteroatoms. The van der Waals surface area contributed by atoms with E-state index < -0.39 is 11.9 Å². The molecule has 1 amide bonds. The van der Waals surface area contributed by atoms with Crippen molar-refractivity contribution in [3.8, 4) is 22.9 Å². The Hall–Kier alpha value is -4.44.